The second kappa shape index (κ2) is 4.46. The molecule has 1 aromatic rings. The van der Waals surface area contributed by atoms with Gasteiger partial charge in [-0.3, -0.25) is 9.36 Å². The first-order chi connectivity index (χ1) is 8.65. The van der Waals surface area contributed by atoms with Crippen molar-refractivity contribution in [1.82, 2.24) is 14.8 Å². The van der Waals surface area contributed by atoms with Crippen LogP contribution in [0.15, 0.2) is 9.95 Å². The van der Waals surface area contributed by atoms with Crippen LogP contribution in [0.2, 0.25) is 0 Å². The van der Waals surface area contributed by atoms with E-state index in [9.17, 15) is 9.59 Å². The van der Waals surface area contributed by atoms with Crippen molar-refractivity contribution in [3.8, 4) is 0 Å². The van der Waals surface area contributed by atoms with E-state index in [0.717, 1.165) is 24.1 Å². The molecule has 0 radical (unpaired) electrons. The standard InChI is InChI=1S/C11H15N3O3S/c15-9(16)5-18-11-13-12-10(17)14(11)8-4-6-1-2-7(8)3-6/h6-8H,1-5H2,(H,12,17)(H,15,16). The Hall–Kier alpha value is -1.24. The minimum absolute atomic E-state index is 0.0644. The molecule has 2 fully saturated rings. The van der Waals surface area contributed by atoms with Gasteiger partial charge in [-0.2, -0.15) is 0 Å². The molecule has 6 nitrogen and oxygen atoms in total. The Kier molecular flexibility index (Phi) is 2.93. The number of rotatable bonds is 4. The molecule has 2 N–H and O–H groups in total. The fourth-order valence-corrected chi connectivity index (χ4v) is 4.06. The van der Waals surface area contributed by atoms with Gasteiger partial charge in [0.05, 0.1) is 5.75 Å². The number of carboxylic acids is 1. The Morgan fingerprint density at radius 1 is 1.50 bits per heavy atom. The number of fused-ring (bicyclic) bond motifs is 2. The van der Waals surface area contributed by atoms with Gasteiger partial charge < -0.3 is 5.11 Å². The molecule has 3 rings (SSSR count). The average Bonchev–Trinajstić information content (AvgIpc) is 3.00. The van der Waals surface area contributed by atoms with Crippen molar-refractivity contribution in [3.05, 3.63) is 10.5 Å². The third-order valence-corrected chi connectivity index (χ3v) is 4.97. The summed E-state index contributed by atoms with van der Waals surface area (Å²) in [5.41, 5.74) is -0.208. The molecule has 1 heterocycles. The number of nitrogens with one attached hydrogen (secondary N) is 1. The lowest BCUT2D eigenvalue weighted by Gasteiger charge is -2.22. The molecule has 2 bridgehead atoms. The van der Waals surface area contributed by atoms with Gasteiger partial charge in [-0.05, 0) is 31.1 Å². The zero-order valence-electron chi connectivity index (χ0n) is 9.83. The summed E-state index contributed by atoms with van der Waals surface area (Å²) in [7, 11) is 0. The van der Waals surface area contributed by atoms with Crippen LogP contribution >= 0.6 is 11.8 Å². The van der Waals surface area contributed by atoms with Crippen LogP contribution in [-0.4, -0.2) is 31.6 Å². The summed E-state index contributed by atoms with van der Waals surface area (Å²) in [6.45, 7) is 0. The fourth-order valence-electron chi connectivity index (χ4n) is 3.34. The van der Waals surface area contributed by atoms with Crippen molar-refractivity contribution in [2.45, 2.75) is 36.9 Å². The van der Waals surface area contributed by atoms with Crippen LogP contribution in [0.3, 0.4) is 0 Å². The monoisotopic (exact) mass is 269 g/mol. The van der Waals surface area contributed by atoms with Gasteiger partial charge in [0.25, 0.3) is 0 Å². The van der Waals surface area contributed by atoms with Gasteiger partial charge in [-0.15, -0.1) is 5.10 Å². The summed E-state index contributed by atoms with van der Waals surface area (Å²) in [4.78, 5) is 22.4. The predicted molar refractivity (Wildman–Crippen MR) is 65.7 cm³/mol. The molecule has 2 saturated carbocycles. The maximum atomic E-state index is 11.8. The van der Waals surface area contributed by atoms with Gasteiger partial charge in [-0.1, -0.05) is 18.2 Å². The van der Waals surface area contributed by atoms with E-state index >= 15 is 0 Å². The molecule has 3 atom stereocenters. The highest BCUT2D eigenvalue weighted by Gasteiger charge is 2.42. The first-order valence-corrected chi connectivity index (χ1v) is 7.15. The number of H-pyrrole nitrogens is 1. The average molecular weight is 269 g/mol. The van der Waals surface area contributed by atoms with Gasteiger partial charge in [0.1, 0.15) is 0 Å². The Bertz CT molecular complexity index is 524. The highest BCUT2D eigenvalue weighted by molar-refractivity contribution is 7.99. The van der Waals surface area contributed by atoms with Gasteiger partial charge in [0.15, 0.2) is 5.16 Å². The largest absolute Gasteiger partial charge is 0.481 e. The normalized spacial score (nSPS) is 29.9. The lowest BCUT2D eigenvalue weighted by Crippen LogP contribution is -2.27. The number of carboxylic acid groups (broad SMARTS) is 1. The number of aliphatic carboxylic acids is 1. The zero-order valence-corrected chi connectivity index (χ0v) is 10.7. The van der Waals surface area contributed by atoms with Crippen LogP contribution in [-0.2, 0) is 4.79 Å². The maximum Gasteiger partial charge on any atom is 0.344 e. The van der Waals surface area contributed by atoms with E-state index in [-0.39, 0.29) is 17.5 Å². The summed E-state index contributed by atoms with van der Waals surface area (Å²) in [6, 6.07) is 0.214. The van der Waals surface area contributed by atoms with E-state index in [0.29, 0.717) is 11.1 Å². The summed E-state index contributed by atoms with van der Waals surface area (Å²) < 4.78 is 1.68. The van der Waals surface area contributed by atoms with Gasteiger partial charge in [0, 0.05) is 6.04 Å². The van der Waals surface area contributed by atoms with Crippen LogP contribution in [0, 0.1) is 11.8 Å². The molecule has 1 aromatic heterocycles. The van der Waals surface area contributed by atoms with Crippen molar-refractivity contribution in [2.75, 3.05) is 5.75 Å². The molecular weight excluding hydrogens is 254 g/mol. The second-order valence-electron chi connectivity index (χ2n) is 5.11. The molecule has 2 aliphatic rings. The van der Waals surface area contributed by atoms with Crippen LogP contribution in [0.5, 0.6) is 0 Å². The van der Waals surface area contributed by atoms with Crippen LogP contribution in [0.25, 0.3) is 0 Å². The molecule has 0 spiro atoms. The molecule has 3 unspecified atom stereocenters. The number of aromatic nitrogens is 3. The highest BCUT2D eigenvalue weighted by Crippen LogP contribution is 2.50. The van der Waals surface area contributed by atoms with Crippen molar-refractivity contribution in [1.29, 1.82) is 0 Å². The Morgan fingerprint density at radius 2 is 2.33 bits per heavy atom. The number of carbonyl (C=O) groups is 1. The van der Waals surface area contributed by atoms with Crippen molar-refractivity contribution >= 4 is 17.7 Å². The number of nitrogens with zero attached hydrogens (tertiary/aromatic N) is 2. The zero-order chi connectivity index (χ0) is 12.7. The van der Waals surface area contributed by atoms with Crippen LogP contribution in [0.1, 0.15) is 31.7 Å². The molecule has 2 aliphatic carbocycles. The SMILES string of the molecule is O=C(O)CSc1n[nH]c(=O)n1C1CC2CCC1C2. The third-order valence-electron chi connectivity index (χ3n) is 4.03. The number of aromatic amines is 1. The maximum absolute atomic E-state index is 11.8. The molecule has 0 aromatic carbocycles. The lowest BCUT2D eigenvalue weighted by molar-refractivity contribution is -0.133. The van der Waals surface area contributed by atoms with E-state index in [1.54, 1.807) is 4.57 Å². The van der Waals surface area contributed by atoms with Crippen molar-refractivity contribution in [3.63, 3.8) is 0 Å². The molecule has 0 amide bonds. The molecule has 0 aliphatic heterocycles. The van der Waals surface area contributed by atoms with E-state index in [2.05, 4.69) is 10.2 Å². The minimum atomic E-state index is -0.894. The van der Waals surface area contributed by atoms with Gasteiger partial charge >= 0.3 is 11.7 Å². The smallest absolute Gasteiger partial charge is 0.344 e. The minimum Gasteiger partial charge on any atom is -0.481 e. The second-order valence-corrected chi connectivity index (χ2v) is 6.05. The first kappa shape index (κ1) is 11.8. The molecule has 0 saturated heterocycles. The van der Waals surface area contributed by atoms with E-state index < -0.39 is 5.97 Å². The molecule has 98 valence electrons. The fraction of sp³-hybridized carbons (Fsp3) is 0.727. The van der Waals surface area contributed by atoms with Crippen LogP contribution < -0.4 is 5.69 Å². The number of hydrogen-bond acceptors (Lipinski definition) is 4. The number of hydrogen-bond donors (Lipinski definition) is 2. The van der Waals surface area contributed by atoms with E-state index in [1.165, 1.54) is 19.3 Å². The lowest BCUT2D eigenvalue weighted by atomic mass is 9.95. The van der Waals surface area contributed by atoms with Gasteiger partial charge in [0.2, 0.25) is 0 Å². The van der Waals surface area contributed by atoms with E-state index in [1.807, 2.05) is 0 Å². The summed E-state index contributed by atoms with van der Waals surface area (Å²) in [5, 5.41) is 15.6. The van der Waals surface area contributed by atoms with Crippen molar-refractivity contribution in [2.24, 2.45) is 11.8 Å². The number of thioether (sulfide) groups is 1. The highest BCUT2D eigenvalue weighted by atomic mass is 32.2. The molecule has 18 heavy (non-hydrogen) atoms. The Balaban J connectivity index is 1.84. The van der Waals surface area contributed by atoms with E-state index in [4.69, 9.17) is 5.11 Å². The molecule has 7 heteroatoms. The third kappa shape index (κ3) is 1.96. The Morgan fingerprint density at radius 3 is 2.94 bits per heavy atom. The predicted octanol–water partition coefficient (Wildman–Crippen LogP) is 1.11. The van der Waals surface area contributed by atoms with Gasteiger partial charge in [-0.25, -0.2) is 9.89 Å². The quantitative estimate of drug-likeness (QED) is 0.799. The summed E-state index contributed by atoms with van der Waals surface area (Å²) in [5.74, 6) is 0.342. The van der Waals surface area contributed by atoms with Crippen LogP contribution in [0.4, 0.5) is 0 Å². The first-order valence-electron chi connectivity index (χ1n) is 6.16. The summed E-state index contributed by atoms with van der Waals surface area (Å²) in [6.07, 6.45) is 4.68. The Labute approximate surface area is 108 Å². The topological polar surface area (TPSA) is 88.0 Å². The summed E-state index contributed by atoms with van der Waals surface area (Å²) >= 11 is 1.11. The molecular formula is C11H15N3O3S. The van der Waals surface area contributed by atoms with Crippen molar-refractivity contribution < 1.29 is 9.90 Å².